The van der Waals surface area contributed by atoms with Crippen molar-refractivity contribution in [3.8, 4) is 0 Å². The molecule has 0 unspecified atom stereocenters. The van der Waals surface area contributed by atoms with Gasteiger partial charge in [0.1, 0.15) is 10.3 Å². The molecule has 1 aromatic carbocycles. The van der Waals surface area contributed by atoms with Gasteiger partial charge in [-0.1, -0.05) is 0 Å². The van der Waals surface area contributed by atoms with E-state index in [2.05, 4.69) is 31.9 Å². The molecule has 1 rings (SSSR count). The second kappa shape index (κ2) is 3.67. The monoisotopic (exact) mass is 315 g/mol. The minimum atomic E-state index is -1.21. The van der Waals surface area contributed by atoms with E-state index in [0.717, 1.165) is 0 Å². The Balaban J connectivity index is 3.53. The Morgan fingerprint density at radius 1 is 1.23 bits per heavy atom. The lowest BCUT2D eigenvalue weighted by Gasteiger charge is -2.00. The summed E-state index contributed by atoms with van der Waals surface area (Å²) in [6, 6.07) is 0.451. The maximum atomic E-state index is 12.8. The van der Waals surface area contributed by atoms with Crippen molar-refractivity contribution in [2.75, 3.05) is 0 Å². The molecule has 13 heavy (non-hydrogen) atoms. The molecule has 0 amide bonds. The molecule has 70 valence electrons. The highest BCUT2D eigenvalue weighted by molar-refractivity contribution is 9.13. The van der Waals surface area contributed by atoms with Crippen LogP contribution in [0.15, 0.2) is 15.0 Å². The molecule has 3 nitrogen and oxygen atoms in total. The van der Waals surface area contributed by atoms with Crippen LogP contribution in [0.25, 0.3) is 0 Å². The van der Waals surface area contributed by atoms with E-state index in [1.54, 1.807) is 0 Å². The van der Waals surface area contributed by atoms with E-state index >= 15 is 0 Å². The molecule has 0 aliphatic heterocycles. The largest absolute Gasteiger partial charge is 0.320 e. The van der Waals surface area contributed by atoms with Crippen molar-refractivity contribution < 1.29 is 13.7 Å². The predicted molar refractivity (Wildman–Crippen MR) is 48.4 cm³/mol. The van der Waals surface area contributed by atoms with Crippen LogP contribution in [-0.2, 0) is 0 Å². The molecule has 0 aliphatic rings. The average molecular weight is 317 g/mol. The van der Waals surface area contributed by atoms with Gasteiger partial charge in [0.2, 0.25) is 5.82 Å². The van der Waals surface area contributed by atoms with Crippen LogP contribution >= 0.6 is 31.9 Å². The smallest absolute Gasteiger partial charge is 0.258 e. The van der Waals surface area contributed by atoms with Crippen molar-refractivity contribution in [3.63, 3.8) is 0 Å². The molecule has 0 aromatic heterocycles. The molecule has 0 atom stereocenters. The number of hydrogen-bond donors (Lipinski definition) is 0. The van der Waals surface area contributed by atoms with Crippen molar-refractivity contribution in [1.82, 2.24) is 0 Å². The third-order valence-electron chi connectivity index (χ3n) is 1.27. The molecule has 0 aliphatic carbocycles. The summed E-state index contributed by atoms with van der Waals surface area (Å²) >= 11 is 5.45. The van der Waals surface area contributed by atoms with E-state index in [-0.39, 0.29) is 8.95 Å². The molecule has 7 heteroatoms. The van der Waals surface area contributed by atoms with E-state index in [9.17, 15) is 18.9 Å². The standard InChI is InChI=1S/C6HBr2F2NO2/c7-4-2(9)1-3(10)6(5(4)8)11(12)13/h1H. The lowest BCUT2D eigenvalue weighted by Crippen LogP contribution is -1.96. The summed E-state index contributed by atoms with van der Waals surface area (Å²) in [4.78, 5) is 9.37. The molecule has 0 spiro atoms. The summed E-state index contributed by atoms with van der Waals surface area (Å²) < 4.78 is 25.1. The molecule has 0 fully saturated rings. The molecule has 1 aromatic rings. The lowest BCUT2D eigenvalue weighted by molar-refractivity contribution is -0.388. The second-order valence-corrected chi connectivity index (χ2v) is 3.66. The fraction of sp³-hybridized carbons (Fsp3) is 0. The number of benzene rings is 1. The normalized spacial score (nSPS) is 10.2. The van der Waals surface area contributed by atoms with Crippen LogP contribution in [0.4, 0.5) is 14.5 Å². The third kappa shape index (κ3) is 1.86. The maximum absolute atomic E-state index is 12.8. The van der Waals surface area contributed by atoms with Crippen LogP contribution in [0.5, 0.6) is 0 Å². The van der Waals surface area contributed by atoms with E-state index in [1.807, 2.05) is 0 Å². The fourth-order valence-electron chi connectivity index (χ4n) is 0.724. The van der Waals surface area contributed by atoms with Gasteiger partial charge in [-0.3, -0.25) is 10.1 Å². The van der Waals surface area contributed by atoms with Crippen molar-refractivity contribution in [2.24, 2.45) is 0 Å². The van der Waals surface area contributed by atoms with Gasteiger partial charge in [-0.05, 0) is 31.9 Å². The van der Waals surface area contributed by atoms with Crippen LogP contribution < -0.4 is 0 Å². The van der Waals surface area contributed by atoms with Crippen LogP contribution in [-0.4, -0.2) is 4.92 Å². The van der Waals surface area contributed by atoms with Gasteiger partial charge in [-0.15, -0.1) is 0 Å². The van der Waals surface area contributed by atoms with Crippen molar-refractivity contribution in [2.45, 2.75) is 0 Å². The third-order valence-corrected chi connectivity index (χ3v) is 3.35. The Labute approximate surface area is 88.2 Å². The zero-order chi connectivity index (χ0) is 10.2. The molecule has 0 N–H and O–H groups in total. The first-order valence-corrected chi connectivity index (χ1v) is 4.51. The Hall–Kier alpha value is -0.560. The molecule has 0 saturated carbocycles. The number of hydrogen-bond acceptors (Lipinski definition) is 2. The van der Waals surface area contributed by atoms with Gasteiger partial charge in [0.05, 0.1) is 9.40 Å². The van der Waals surface area contributed by atoms with Gasteiger partial charge < -0.3 is 0 Å². The molecular formula is C6HBr2F2NO2. The zero-order valence-electron chi connectivity index (χ0n) is 5.85. The van der Waals surface area contributed by atoms with E-state index in [4.69, 9.17) is 0 Å². The summed E-state index contributed by atoms with van der Waals surface area (Å²) in [5.74, 6) is -2.10. The van der Waals surface area contributed by atoms with Gasteiger partial charge in [0, 0.05) is 6.07 Å². The topological polar surface area (TPSA) is 43.1 Å². The number of rotatable bonds is 1. The SMILES string of the molecule is O=[N+]([O-])c1c(F)cc(F)c(Br)c1Br. The van der Waals surface area contributed by atoms with Crippen molar-refractivity contribution >= 4 is 37.5 Å². The minimum absolute atomic E-state index is 0.166. The average Bonchev–Trinajstić information content (AvgIpc) is 1.99. The van der Waals surface area contributed by atoms with Gasteiger partial charge >= 0.3 is 5.69 Å². The Bertz CT molecular complexity index is 383. The summed E-state index contributed by atoms with van der Waals surface area (Å²) in [5.41, 5.74) is -0.784. The maximum Gasteiger partial charge on any atom is 0.320 e. The van der Waals surface area contributed by atoms with Crippen LogP contribution in [0.1, 0.15) is 0 Å². The van der Waals surface area contributed by atoms with Gasteiger partial charge in [0.25, 0.3) is 0 Å². The Morgan fingerprint density at radius 3 is 2.23 bits per heavy atom. The van der Waals surface area contributed by atoms with E-state index in [1.165, 1.54) is 0 Å². The van der Waals surface area contributed by atoms with E-state index < -0.39 is 22.2 Å². The van der Waals surface area contributed by atoms with E-state index in [0.29, 0.717) is 6.07 Å². The van der Waals surface area contributed by atoms with Crippen molar-refractivity contribution in [1.29, 1.82) is 0 Å². The van der Waals surface area contributed by atoms with Gasteiger partial charge in [0.15, 0.2) is 0 Å². The summed E-state index contributed by atoms with van der Waals surface area (Å²) in [6.07, 6.45) is 0. The molecule has 0 saturated heterocycles. The first kappa shape index (κ1) is 10.5. The number of nitrogens with zero attached hydrogens (tertiary/aromatic N) is 1. The zero-order valence-corrected chi connectivity index (χ0v) is 9.02. The first-order chi connectivity index (χ1) is 5.95. The highest BCUT2D eigenvalue weighted by Gasteiger charge is 2.24. The highest BCUT2D eigenvalue weighted by Crippen LogP contribution is 2.36. The molecule has 0 bridgehead atoms. The molecular weight excluding hydrogens is 316 g/mol. The van der Waals surface area contributed by atoms with Crippen LogP contribution in [0.2, 0.25) is 0 Å². The minimum Gasteiger partial charge on any atom is -0.258 e. The molecule has 0 heterocycles. The van der Waals surface area contributed by atoms with Crippen LogP contribution in [0, 0.1) is 21.7 Å². The lowest BCUT2D eigenvalue weighted by atomic mass is 10.3. The van der Waals surface area contributed by atoms with Crippen molar-refractivity contribution in [3.05, 3.63) is 36.8 Å². The molecule has 0 radical (unpaired) electrons. The summed E-state index contributed by atoms with van der Waals surface area (Å²) in [5, 5.41) is 10.3. The highest BCUT2D eigenvalue weighted by atomic mass is 79.9. The Kier molecular flexibility index (Phi) is 2.97. The van der Waals surface area contributed by atoms with Gasteiger partial charge in [-0.25, -0.2) is 4.39 Å². The van der Waals surface area contributed by atoms with Gasteiger partial charge in [-0.2, -0.15) is 4.39 Å². The summed E-state index contributed by atoms with van der Waals surface area (Å²) in [6.45, 7) is 0. The summed E-state index contributed by atoms with van der Waals surface area (Å²) in [7, 11) is 0. The quantitative estimate of drug-likeness (QED) is 0.345. The van der Waals surface area contributed by atoms with Crippen LogP contribution in [0.3, 0.4) is 0 Å². The fourth-order valence-corrected chi connectivity index (χ4v) is 1.55. The number of nitro groups is 1. The number of halogens is 4. The first-order valence-electron chi connectivity index (χ1n) is 2.92. The predicted octanol–water partition coefficient (Wildman–Crippen LogP) is 3.40. The number of nitro benzene ring substituents is 1. The Morgan fingerprint density at radius 2 is 1.77 bits per heavy atom. The second-order valence-electron chi connectivity index (χ2n) is 2.07.